The summed E-state index contributed by atoms with van der Waals surface area (Å²) in [5.41, 5.74) is 2.55. The van der Waals surface area contributed by atoms with Gasteiger partial charge in [-0.1, -0.05) is 0 Å². The van der Waals surface area contributed by atoms with E-state index in [-0.39, 0.29) is 0 Å². The molecule has 0 aromatic carbocycles. The minimum atomic E-state index is 0.836. The number of nitrogens with one attached hydrogen (secondary N) is 1. The zero-order valence-corrected chi connectivity index (χ0v) is 12.3. The summed E-state index contributed by atoms with van der Waals surface area (Å²) in [6, 6.07) is 2.03. The van der Waals surface area contributed by atoms with Crippen LogP contribution in [0.1, 0.15) is 22.6 Å². The summed E-state index contributed by atoms with van der Waals surface area (Å²) in [5.74, 6) is 1.72. The van der Waals surface area contributed by atoms with Gasteiger partial charge in [0.2, 0.25) is 0 Å². The maximum Gasteiger partial charge on any atom is 0.153 e. The Balaban J connectivity index is 1.83. The summed E-state index contributed by atoms with van der Waals surface area (Å²) in [7, 11) is 1.94. The third kappa shape index (κ3) is 1.71. The first-order valence-corrected chi connectivity index (χ1v) is 7.57. The summed E-state index contributed by atoms with van der Waals surface area (Å²) in [4.78, 5) is 11.4. The van der Waals surface area contributed by atoms with E-state index in [4.69, 9.17) is 0 Å². The molecule has 4 rings (SSSR count). The van der Waals surface area contributed by atoms with Crippen LogP contribution in [0.4, 0.5) is 11.6 Å². The van der Waals surface area contributed by atoms with Crippen LogP contribution < -0.4 is 5.32 Å². The molecule has 0 atom stereocenters. The van der Waals surface area contributed by atoms with Gasteiger partial charge in [0.05, 0.1) is 5.39 Å². The number of rotatable bonds is 2. The minimum absolute atomic E-state index is 0.836. The van der Waals surface area contributed by atoms with Crippen molar-refractivity contribution < 1.29 is 0 Å². The topological polar surface area (TPSA) is 55.6 Å². The molecule has 0 unspecified atom stereocenters. The van der Waals surface area contributed by atoms with E-state index < -0.39 is 0 Å². The molecule has 0 amide bonds. The molecular weight excluding hydrogens is 270 g/mol. The highest BCUT2D eigenvalue weighted by Gasteiger charge is 2.21. The Bertz CT molecular complexity index is 782. The standard InChI is InChI=1S/C14H15N5S/c1-8-6-11(18-19(8)2)17-13-12-9-4-3-5-10(9)20-14(12)16-7-15-13/h6-7H,3-5H2,1-2H3,(H,15,16,17,18). The first-order chi connectivity index (χ1) is 9.72. The molecule has 0 bridgehead atoms. The van der Waals surface area contributed by atoms with Crippen molar-refractivity contribution in [3.05, 3.63) is 28.5 Å². The van der Waals surface area contributed by atoms with Crippen LogP contribution in [0.3, 0.4) is 0 Å². The van der Waals surface area contributed by atoms with Gasteiger partial charge in [0.15, 0.2) is 5.82 Å². The number of hydrogen-bond acceptors (Lipinski definition) is 5. The fraction of sp³-hybridized carbons (Fsp3) is 0.357. The molecule has 0 saturated heterocycles. The summed E-state index contributed by atoms with van der Waals surface area (Å²) < 4.78 is 1.86. The highest BCUT2D eigenvalue weighted by molar-refractivity contribution is 7.19. The quantitative estimate of drug-likeness (QED) is 0.786. The molecule has 102 valence electrons. The van der Waals surface area contributed by atoms with Gasteiger partial charge in [-0.2, -0.15) is 5.10 Å². The highest BCUT2D eigenvalue weighted by atomic mass is 32.1. The third-order valence-electron chi connectivity index (χ3n) is 3.86. The lowest BCUT2D eigenvalue weighted by molar-refractivity contribution is 0.743. The van der Waals surface area contributed by atoms with Crippen LogP contribution in [-0.2, 0) is 19.9 Å². The molecule has 0 fully saturated rings. The van der Waals surface area contributed by atoms with Crippen molar-refractivity contribution in [3.63, 3.8) is 0 Å². The maximum atomic E-state index is 4.44. The Morgan fingerprint density at radius 3 is 3.00 bits per heavy atom. The van der Waals surface area contributed by atoms with Crippen LogP contribution in [-0.4, -0.2) is 19.7 Å². The Kier molecular flexibility index (Phi) is 2.53. The van der Waals surface area contributed by atoms with Gasteiger partial charge >= 0.3 is 0 Å². The average molecular weight is 285 g/mol. The van der Waals surface area contributed by atoms with E-state index in [0.717, 1.165) is 28.6 Å². The first kappa shape index (κ1) is 11.8. The van der Waals surface area contributed by atoms with E-state index in [1.54, 1.807) is 17.7 Å². The number of thiophene rings is 1. The second-order valence-corrected chi connectivity index (χ2v) is 6.26. The van der Waals surface area contributed by atoms with Gasteiger partial charge in [-0.3, -0.25) is 4.68 Å². The van der Waals surface area contributed by atoms with Crippen LogP contribution in [0.5, 0.6) is 0 Å². The van der Waals surface area contributed by atoms with Gasteiger partial charge < -0.3 is 5.32 Å². The number of aromatic nitrogens is 4. The Hall–Kier alpha value is -1.95. The molecular formula is C14H15N5S. The van der Waals surface area contributed by atoms with Gasteiger partial charge in [0.1, 0.15) is 17.0 Å². The summed E-state index contributed by atoms with van der Waals surface area (Å²) >= 11 is 1.80. The molecule has 5 nitrogen and oxygen atoms in total. The number of fused-ring (bicyclic) bond motifs is 3. The van der Waals surface area contributed by atoms with Crippen LogP contribution in [0, 0.1) is 6.92 Å². The predicted octanol–water partition coefficient (Wildman–Crippen LogP) is 2.97. The molecule has 1 N–H and O–H groups in total. The van der Waals surface area contributed by atoms with E-state index in [1.165, 1.54) is 28.7 Å². The fourth-order valence-corrected chi connectivity index (χ4v) is 4.00. The second-order valence-electron chi connectivity index (χ2n) is 5.18. The highest BCUT2D eigenvalue weighted by Crippen LogP contribution is 2.39. The van der Waals surface area contributed by atoms with Crippen molar-refractivity contribution in [2.24, 2.45) is 7.05 Å². The number of aryl methyl sites for hydroxylation is 4. The van der Waals surface area contributed by atoms with Gasteiger partial charge in [0, 0.05) is 23.7 Å². The molecule has 0 spiro atoms. The second kappa shape index (κ2) is 4.28. The average Bonchev–Trinajstić information content (AvgIpc) is 3.05. The lowest BCUT2D eigenvalue weighted by atomic mass is 10.2. The third-order valence-corrected chi connectivity index (χ3v) is 5.06. The predicted molar refractivity (Wildman–Crippen MR) is 80.7 cm³/mol. The summed E-state index contributed by atoms with van der Waals surface area (Å²) in [6.07, 6.45) is 5.19. The van der Waals surface area contributed by atoms with Crippen molar-refractivity contribution in [2.45, 2.75) is 26.2 Å². The van der Waals surface area contributed by atoms with E-state index in [0.29, 0.717) is 0 Å². The summed E-state index contributed by atoms with van der Waals surface area (Å²) in [6.45, 7) is 2.04. The normalized spacial score (nSPS) is 13.9. The molecule has 20 heavy (non-hydrogen) atoms. The molecule has 6 heteroatoms. The lowest BCUT2D eigenvalue weighted by Gasteiger charge is -2.04. The molecule has 3 aromatic rings. The monoisotopic (exact) mass is 285 g/mol. The maximum absolute atomic E-state index is 4.44. The smallest absolute Gasteiger partial charge is 0.153 e. The zero-order valence-electron chi connectivity index (χ0n) is 11.5. The fourth-order valence-electron chi connectivity index (χ4n) is 2.77. The molecule has 0 radical (unpaired) electrons. The van der Waals surface area contributed by atoms with Crippen LogP contribution in [0.25, 0.3) is 10.2 Å². The molecule has 1 aliphatic carbocycles. The first-order valence-electron chi connectivity index (χ1n) is 6.75. The van der Waals surface area contributed by atoms with E-state index in [9.17, 15) is 0 Å². The molecule has 0 saturated carbocycles. The lowest BCUT2D eigenvalue weighted by Crippen LogP contribution is -1.98. The number of hydrogen-bond donors (Lipinski definition) is 1. The van der Waals surface area contributed by atoms with Crippen molar-refractivity contribution >= 4 is 33.2 Å². The van der Waals surface area contributed by atoms with E-state index >= 15 is 0 Å². The molecule has 1 aliphatic rings. The Morgan fingerprint density at radius 1 is 1.30 bits per heavy atom. The van der Waals surface area contributed by atoms with Crippen LogP contribution >= 0.6 is 11.3 Å². The van der Waals surface area contributed by atoms with E-state index in [2.05, 4.69) is 20.4 Å². The van der Waals surface area contributed by atoms with E-state index in [1.807, 2.05) is 24.7 Å². The number of nitrogens with zero attached hydrogens (tertiary/aromatic N) is 4. The number of anilines is 2. The van der Waals surface area contributed by atoms with Crippen LogP contribution in [0.15, 0.2) is 12.4 Å². The Labute approximate surface area is 120 Å². The van der Waals surface area contributed by atoms with Gasteiger partial charge in [-0.25, -0.2) is 9.97 Å². The molecule has 0 aliphatic heterocycles. The zero-order chi connectivity index (χ0) is 13.7. The van der Waals surface area contributed by atoms with Crippen molar-refractivity contribution in [2.75, 3.05) is 5.32 Å². The summed E-state index contributed by atoms with van der Waals surface area (Å²) in [5, 5.41) is 8.98. The Morgan fingerprint density at radius 2 is 2.20 bits per heavy atom. The van der Waals surface area contributed by atoms with Crippen molar-refractivity contribution in [3.8, 4) is 0 Å². The largest absolute Gasteiger partial charge is 0.323 e. The van der Waals surface area contributed by atoms with Gasteiger partial charge in [-0.15, -0.1) is 11.3 Å². The SMILES string of the molecule is Cc1cc(Nc2ncnc3sc4c(c23)CCC4)nn1C. The minimum Gasteiger partial charge on any atom is -0.323 e. The molecule has 3 heterocycles. The van der Waals surface area contributed by atoms with Crippen LogP contribution in [0.2, 0.25) is 0 Å². The van der Waals surface area contributed by atoms with Gasteiger partial charge in [-0.05, 0) is 31.7 Å². The van der Waals surface area contributed by atoms with Gasteiger partial charge in [0.25, 0.3) is 0 Å². The molecule has 3 aromatic heterocycles. The van der Waals surface area contributed by atoms with Crippen molar-refractivity contribution in [1.29, 1.82) is 0 Å². The van der Waals surface area contributed by atoms with Crippen molar-refractivity contribution in [1.82, 2.24) is 19.7 Å².